The van der Waals surface area contributed by atoms with Gasteiger partial charge >= 0.3 is 7.60 Å². The number of hydrogen-bond acceptors (Lipinski definition) is 4. The van der Waals surface area contributed by atoms with E-state index in [1.54, 1.807) is 0 Å². The average Bonchev–Trinajstić information content (AvgIpc) is 2.29. The highest BCUT2D eigenvalue weighted by molar-refractivity contribution is 7.54. The van der Waals surface area contributed by atoms with Gasteiger partial charge in [-0.05, 0) is 12.0 Å². The molecule has 1 aromatic rings. The Hall–Kier alpha value is -0.670. The lowest BCUT2D eigenvalue weighted by atomic mass is 10.2. The van der Waals surface area contributed by atoms with Crippen molar-refractivity contribution in [2.45, 2.75) is 12.2 Å². The van der Waals surface area contributed by atoms with Crippen molar-refractivity contribution in [1.82, 2.24) is 0 Å². The summed E-state index contributed by atoms with van der Waals surface area (Å²) in [5.41, 5.74) is 6.81. The van der Waals surface area contributed by atoms with E-state index in [-0.39, 0.29) is 0 Å². The van der Waals surface area contributed by atoms with E-state index < -0.39 is 13.4 Å². The molecule has 0 aliphatic rings. The molecule has 2 N–H and O–H groups in total. The van der Waals surface area contributed by atoms with Crippen LogP contribution in [0.5, 0.6) is 0 Å². The Bertz CT molecular complexity index is 334. The normalized spacial score (nSPS) is 13.8. The minimum absolute atomic E-state index is 0.472. The maximum absolute atomic E-state index is 11.9. The lowest BCUT2D eigenvalue weighted by Gasteiger charge is -2.20. The highest BCUT2D eigenvalue weighted by Gasteiger charge is 2.30. The Morgan fingerprint density at radius 3 is 2.27 bits per heavy atom. The highest BCUT2D eigenvalue weighted by Crippen LogP contribution is 2.50. The van der Waals surface area contributed by atoms with Crippen molar-refractivity contribution in [3.8, 4) is 0 Å². The van der Waals surface area contributed by atoms with Crippen LogP contribution in [0.2, 0.25) is 0 Å². The van der Waals surface area contributed by atoms with Crippen molar-refractivity contribution in [2.24, 2.45) is 5.73 Å². The van der Waals surface area contributed by atoms with E-state index in [0.29, 0.717) is 6.42 Å². The minimum Gasteiger partial charge on any atom is -0.317 e. The molecule has 0 amide bonds. The van der Waals surface area contributed by atoms with Crippen LogP contribution in [-0.4, -0.2) is 20.0 Å². The smallest absolute Gasteiger partial charge is 0.317 e. The van der Waals surface area contributed by atoms with Crippen molar-refractivity contribution in [1.29, 1.82) is 0 Å². The summed E-state index contributed by atoms with van der Waals surface area (Å²) < 4.78 is 21.5. The Labute approximate surface area is 89.9 Å². The van der Waals surface area contributed by atoms with Crippen molar-refractivity contribution >= 4 is 7.60 Å². The molecule has 5 heteroatoms. The quantitative estimate of drug-likeness (QED) is 0.784. The zero-order chi connectivity index (χ0) is 11.3. The number of benzene rings is 1. The van der Waals surface area contributed by atoms with Gasteiger partial charge in [-0.3, -0.25) is 4.57 Å². The van der Waals surface area contributed by atoms with Gasteiger partial charge in [0.15, 0.2) is 0 Å². The van der Waals surface area contributed by atoms with Crippen LogP contribution in [0.4, 0.5) is 0 Å². The van der Waals surface area contributed by atoms with Gasteiger partial charge in [0.25, 0.3) is 0 Å². The summed E-state index contributed by atoms with van der Waals surface area (Å²) in [5, 5.41) is 0. The van der Waals surface area contributed by atoms with Crippen molar-refractivity contribution in [3.63, 3.8) is 0 Å². The van der Waals surface area contributed by atoms with Gasteiger partial charge in [0.05, 0.1) is 0 Å². The second-order valence-corrected chi connectivity index (χ2v) is 5.64. The van der Waals surface area contributed by atoms with Crippen molar-refractivity contribution in [3.05, 3.63) is 35.9 Å². The Kier molecular flexibility index (Phi) is 4.48. The Morgan fingerprint density at radius 1 is 1.27 bits per heavy atom. The Morgan fingerprint density at radius 2 is 1.80 bits per heavy atom. The average molecular weight is 229 g/mol. The summed E-state index contributed by atoms with van der Waals surface area (Å²) in [5.74, 6) is -0.630. The van der Waals surface area contributed by atoms with Crippen LogP contribution >= 0.6 is 7.60 Å². The predicted octanol–water partition coefficient (Wildman–Crippen LogP) is 2.00. The van der Waals surface area contributed by atoms with Gasteiger partial charge in [-0.1, -0.05) is 30.3 Å². The molecule has 0 aliphatic heterocycles. The van der Waals surface area contributed by atoms with E-state index in [4.69, 9.17) is 14.8 Å². The largest absolute Gasteiger partial charge is 0.347 e. The first-order valence-corrected chi connectivity index (χ1v) is 6.24. The molecule has 0 aliphatic carbocycles. The molecule has 1 unspecified atom stereocenters. The summed E-state index contributed by atoms with van der Waals surface area (Å²) in [6.45, 7) is 0. The van der Waals surface area contributed by atoms with Gasteiger partial charge in [-0.25, -0.2) is 0 Å². The fourth-order valence-corrected chi connectivity index (χ4v) is 2.44. The Balaban J connectivity index is 2.71. The standard InChI is InChI=1S/C10H16NO3P/c1-13-15(12,14-2)10(11)8-9-6-4-3-5-7-9/h3-7,10H,8,11H2,1-2H3. The molecule has 0 bridgehead atoms. The first-order valence-electron chi connectivity index (χ1n) is 4.63. The SMILES string of the molecule is COP(=O)(OC)C(N)Cc1ccccc1. The minimum atomic E-state index is -3.16. The maximum Gasteiger partial charge on any atom is 0.347 e. The molecule has 0 saturated carbocycles. The third kappa shape index (κ3) is 3.14. The highest BCUT2D eigenvalue weighted by atomic mass is 31.2. The van der Waals surface area contributed by atoms with Gasteiger partial charge in [-0.15, -0.1) is 0 Å². The second-order valence-electron chi connectivity index (χ2n) is 3.16. The van der Waals surface area contributed by atoms with Crippen LogP contribution in [0.15, 0.2) is 30.3 Å². The lowest BCUT2D eigenvalue weighted by molar-refractivity contribution is 0.265. The van der Waals surface area contributed by atoms with Crippen LogP contribution in [0.25, 0.3) is 0 Å². The van der Waals surface area contributed by atoms with E-state index in [2.05, 4.69) is 0 Å². The molecule has 0 saturated heterocycles. The van der Waals surface area contributed by atoms with Gasteiger partial charge in [-0.2, -0.15) is 0 Å². The summed E-state index contributed by atoms with van der Waals surface area (Å²) in [7, 11) is -0.475. The molecular weight excluding hydrogens is 213 g/mol. The topological polar surface area (TPSA) is 61.5 Å². The fraction of sp³-hybridized carbons (Fsp3) is 0.400. The van der Waals surface area contributed by atoms with Crippen molar-refractivity contribution in [2.75, 3.05) is 14.2 Å². The molecule has 4 nitrogen and oxygen atoms in total. The van der Waals surface area contributed by atoms with Crippen LogP contribution in [0.3, 0.4) is 0 Å². The molecule has 0 spiro atoms. The molecule has 0 aromatic heterocycles. The third-order valence-corrected chi connectivity index (χ3v) is 4.22. The summed E-state index contributed by atoms with van der Waals surface area (Å²) in [6.07, 6.45) is 0.472. The number of nitrogens with two attached hydrogens (primary N) is 1. The summed E-state index contributed by atoms with van der Waals surface area (Å²) >= 11 is 0. The first kappa shape index (κ1) is 12.4. The molecule has 1 rings (SSSR count). The van der Waals surface area contributed by atoms with Crippen molar-refractivity contribution < 1.29 is 13.6 Å². The predicted molar refractivity (Wildman–Crippen MR) is 59.7 cm³/mol. The summed E-state index contributed by atoms with van der Waals surface area (Å²) in [6, 6.07) is 9.59. The maximum atomic E-state index is 11.9. The molecular formula is C10H16NO3P. The first-order chi connectivity index (χ1) is 7.12. The molecule has 0 fully saturated rings. The van der Waals surface area contributed by atoms with E-state index in [9.17, 15) is 4.57 Å². The monoisotopic (exact) mass is 229 g/mol. The van der Waals surface area contributed by atoms with Gasteiger partial charge < -0.3 is 14.8 Å². The molecule has 84 valence electrons. The van der Waals surface area contributed by atoms with E-state index in [0.717, 1.165) is 5.56 Å². The number of rotatable bonds is 5. The van der Waals surface area contributed by atoms with E-state index in [1.807, 2.05) is 30.3 Å². The molecule has 0 heterocycles. The summed E-state index contributed by atoms with van der Waals surface area (Å²) in [4.78, 5) is 0. The van der Waals surface area contributed by atoms with Crippen LogP contribution < -0.4 is 5.73 Å². The van der Waals surface area contributed by atoms with Crippen LogP contribution in [0.1, 0.15) is 5.56 Å². The lowest BCUT2D eigenvalue weighted by Crippen LogP contribution is -2.24. The second kappa shape index (κ2) is 5.42. The van der Waals surface area contributed by atoms with Crippen LogP contribution in [-0.2, 0) is 20.0 Å². The number of hydrogen-bond donors (Lipinski definition) is 1. The fourth-order valence-electron chi connectivity index (χ4n) is 1.31. The van der Waals surface area contributed by atoms with Gasteiger partial charge in [0, 0.05) is 14.2 Å². The van der Waals surface area contributed by atoms with Crippen LogP contribution in [0, 0.1) is 0 Å². The zero-order valence-electron chi connectivity index (χ0n) is 8.92. The molecule has 0 radical (unpaired) electrons. The molecule has 1 atom stereocenters. The zero-order valence-corrected chi connectivity index (χ0v) is 9.81. The molecule has 1 aromatic carbocycles. The van der Waals surface area contributed by atoms with Gasteiger partial charge in [0.2, 0.25) is 0 Å². The molecule has 15 heavy (non-hydrogen) atoms. The van der Waals surface area contributed by atoms with Gasteiger partial charge in [0.1, 0.15) is 5.78 Å². The third-order valence-electron chi connectivity index (χ3n) is 2.20. The van der Waals surface area contributed by atoms with E-state index in [1.165, 1.54) is 14.2 Å². The van der Waals surface area contributed by atoms with E-state index >= 15 is 0 Å².